The molecule has 7 nitrogen and oxygen atoms in total. The summed E-state index contributed by atoms with van der Waals surface area (Å²) in [5, 5.41) is 0.704. The van der Waals surface area contributed by atoms with E-state index in [0.29, 0.717) is 28.7 Å². The number of halogens is 1. The monoisotopic (exact) mass is 477 g/mol. The van der Waals surface area contributed by atoms with E-state index in [-0.39, 0.29) is 18.3 Å². The number of anilines is 1. The minimum atomic E-state index is -0.113. The van der Waals surface area contributed by atoms with Crippen molar-refractivity contribution in [3.63, 3.8) is 0 Å². The van der Waals surface area contributed by atoms with Gasteiger partial charge in [-0.3, -0.25) is 14.6 Å². The van der Waals surface area contributed by atoms with Crippen LogP contribution < -0.4 is 14.4 Å². The first-order valence-corrected chi connectivity index (χ1v) is 11.2. The Hall–Kier alpha value is -2.39. The number of benzene rings is 2. The number of thiazole rings is 1. The maximum atomic E-state index is 13.6. The number of nitrogens with zero attached hydrogens (tertiary/aromatic N) is 3. The highest BCUT2D eigenvalue weighted by atomic mass is 35.5. The predicted molar refractivity (Wildman–Crippen MR) is 130 cm³/mol. The molecule has 0 saturated carbocycles. The number of ether oxygens (including phenoxy) is 3. The van der Waals surface area contributed by atoms with Gasteiger partial charge in [0.1, 0.15) is 11.5 Å². The lowest BCUT2D eigenvalue weighted by molar-refractivity contribution is 0.0376. The van der Waals surface area contributed by atoms with E-state index in [2.05, 4.69) is 4.90 Å². The van der Waals surface area contributed by atoms with Crippen LogP contribution in [0.5, 0.6) is 11.5 Å². The second kappa shape index (κ2) is 11.5. The van der Waals surface area contributed by atoms with E-state index in [1.54, 1.807) is 37.3 Å². The molecular weight excluding hydrogens is 450 g/mol. The minimum absolute atomic E-state index is 0. The number of methoxy groups -OCH3 is 2. The van der Waals surface area contributed by atoms with E-state index in [9.17, 15) is 4.79 Å². The Balaban J connectivity index is 0.00000289. The van der Waals surface area contributed by atoms with Gasteiger partial charge in [-0.15, -0.1) is 12.4 Å². The van der Waals surface area contributed by atoms with Crippen LogP contribution in [0, 0.1) is 0 Å². The van der Waals surface area contributed by atoms with Crippen molar-refractivity contribution in [2.75, 3.05) is 58.5 Å². The Labute approximate surface area is 198 Å². The number of fused-ring (bicyclic) bond motifs is 1. The van der Waals surface area contributed by atoms with Crippen molar-refractivity contribution in [1.29, 1.82) is 0 Å². The first-order valence-electron chi connectivity index (χ1n) is 10.4. The SMILES string of the molecule is COc1cc(OC)cc(C(=O)N(CCCN2CCOCC2)c2nc3ccccc3s2)c1.Cl. The summed E-state index contributed by atoms with van der Waals surface area (Å²) in [6, 6.07) is 13.2. The quantitative estimate of drug-likeness (QED) is 0.486. The third-order valence-electron chi connectivity index (χ3n) is 5.32. The maximum absolute atomic E-state index is 13.6. The summed E-state index contributed by atoms with van der Waals surface area (Å²) in [6.45, 7) is 4.90. The molecule has 3 aromatic rings. The molecule has 0 atom stereocenters. The summed E-state index contributed by atoms with van der Waals surface area (Å²) in [7, 11) is 3.16. The van der Waals surface area contributed by atoms with E-state index in [0.717, 1.165) is 49.5 Å². The third-order valence-corrected chi connectivity index (χ3v) is 6.38. The molecule has 0 N–H and O–H groups in total. The molecule has 4 rings (SSSR count). The van der Waals surface area contributed by atoms with Crippen LogP contribution in [-0.2, 0) is 4.74 Å². The summed E-state index contributed by atoms with van der Waals surface area (Å²) in [5.74, 6) is 1.05. The van der Waals surface area contributed by atoms with Crippen molar-refractivity contribution in [2.45, 2.75) is 6.42 Å². The number of amides is 1. The van der Waals surface area contributed by atoms with Crippen LogP contribution in [0.1, 0.15) is 16.8 Å². The molecule has 2 heterocycles. The molecule has 0 aliphatic carbocycles. The Kier molecular flexibility index (Phi) is 8.69. The molecule has 1 aromatic heterocycles. The maximum Gasteiger partial charge on any atom is 0.260 e. The van der Waals surface area contributed by atoms with Gasteiger partial charge in [-0.25, -0.2) is 4.98 Å². The van der Waals surface area contributed by atoms with Gasteiger partial charge in [-0.05, 0) is 30.7 Å². The third kappa shape index (κ3) is 5.69. The van der Waals surface area contributed by atoms with Gasteiger partial charge in [0.2, 0.25) is 0 Å². The first-order chi connectivity index (χ1) is 15.2. The number of hydrogen-bond donors (Lipinski definition) is 0. The van der Waals surface area contributed by atoms with Gasteiger partial charge in [-0.2, -0.15) is 0 Å². The minimum Gasteiger partial charge on any atom is -0.497 e. The molecule has 1 fully saturated rings. The van der Waals surface area contributed by atoms with Crippen LogP contribution in [0.4, 0.5) is 5.13 Å². The lowest BCUT2D eigenvalue weighted by Gasteiger charge is -2.27. The van der Waals surface area contributed by atoms with Gasteiger partial charge in [-0.1, -0.05) is 23.5 Å². The molecule has 1 aliphatic heterocycles. The number of aromatic nitrogens is 1. The van der Waals surface area contributed by atoms with Crippen molar-refractivity contribution >= 4 is 45.0 Å². The smallest absolute Gasteiger partial charge is 0.260 e. The molecule has 0 radical (unpaired) electrons. The van der Waals surface area contributed by atoms with Gasteiger partial charge in [0, 0.05) is 37.8 Å². The largest absolute Gasteiger partial charge is 0.497 e. The second-order valence-electron chi connectivity index (χ2n) is 7.33. The Morgan fingerprint density at radius 2 is 1.81 bits per heavy atom. The molecule has 172 valence electrons. The molecule has 1 amide bonds. The van der Waals surface area contributed by atoms with Crippen LogP contribution in [-0.4, -0.2) is 69.4 Å². The van der Waals surface area contributed by atoms with Crippen molar-refractivity contribution in [3.05, 3.63) is 48.0 Å². The van der Waals surface area contributed by atoms with Gasteiger partial charge in [0.15, 0.2) is 5.13 Å². The van der Waals surface area contributed by atoms with Crippen molar-refractivity contribution in [3.8, 4) is 11.5 Å². The van der Waals surface area contributed by atoms with Crippen LogP contribution in [0.3, 0.4) is 0 Å². The van der Waals surface area contributed by atoms with E-state index < -0.39 is 0 Å². The van der Waals surface area contributed by atoms with Gasteiger partial charge >= 0.3 is 0 Å². The number of hydrogen-bond acceptors (Lipinski definition) is 7. The Morgan fingerprint density at radius 1 is 1.12 bits per heavy atom. The molecule has 2 aromatic carbocycles. The first kappa shape index (κ1) is 24.3. The number of para-hydroxylation sites is 1. The van der Waals surface area contributed by atoms with Crippen LogP contribution in [0.25, 0.3) is 10.2 Å². The fraction of sp³-hybridized carbons (Fsp3) is 0.391. The lowest BCUT2D eigenvalue weighted by Crippen LogP contribution is -2.39. The number of morpholine rings is 1. The normalized spacial score (nSPS) is 14.1. The van der Waals surface area contributed by atoms with E-state index in [1.165, 1.54) is 11.3 Å². The van der Waals surface area contributed by atoms with Crippen LogP contribution in [0.2, 0.25) is 0 Å². The highest BCUT2D eigenvalue weighted by Crippen LogP contribution is 2.31. The second-order valence-corrected chi connectivity index (χ2v) is 8.34. The van der Waals surface area contributed by atoms with Crippen molar-refractivity contribution in [1.82, 2.24) is 9.88 Å². The zero-order valence-electron chi connectivity index (χ0n) is 18.3. The summed E-state index contributed by atoms with van der Waals surface area (Å²) >= 11 is 1.53. The average molecular weight is 478 g/mol. The van der Waals surface area contributed by atoms with E-state index >= 15 is 0 Å². The molecule has 0 spiro atoms. The molecule has 0 bridgehead atoms. The average Bonchev–Trinajstić information content (AvgIpc) is 3.25. The lowest BCUT2D eigenvalue weighted by atomic mass is 10.1. The summed E-state index contributed by atoms with van der Waals surface area (Å²) < 4.78 is 17.2. The fourth-order valence-electron chi connectivity index (χ4n) is 3.62. The van der Waals surface area contributed by atoms with Gasteiger partial charge < -0.3 is 14.2 Å². The number of carbonyl (C=O) groups is 1. The molecular formula is C23H28ClN3O4S. The van der Waals surface area contributed by atoms with Gasteiger partial charge in [0.25, 0.3) is 5.91 Å². The highest BCUT2D eigenvalue weighted by Gasteiger charge is 2.23. The van der Waals surface area contributed by atoms with Crippen molar-refractivity contribution in [2.24, 2.45) is 0 Å². The standard InChI is InChI=1S/C23H27N3O4S.ClH/c1-28-18-14-17(15-19(16-18)29-2)22(27)26(9-5-8-25-10-12-30-13-11-25)23-24-20-6-3-4-7-21(20)31-23;/h3-4,6-7,14-16H,5,8-13H2,1-2H3;1H. The molecule has 1 aliphatic rings. The topological polar surface area (TPSA) is 64.1 Å². The number of carbonyl (C=O) groups excluding carboxylic acids is 1. The van der Waals surface area contributed by atoms with Crippen molar-refractivity contribution < 1.29 is 19.0 Å². The number of rotatable bonds is 8. The summed E-state index contributed by atoms with van der Waals surface area (Å²) in [4.78, 5) is 22.5. The van der Waals surface area contributed by atoms with E-state index in [1.807, 2.05) is 24.3 Å². The zero-order valence-corrected chi connectivity index (χ0v) is 19.9. The Bertz CT molecular complexity index is 984. The van der Waals surface area contributed by atoms with Crippen LogP contribution in [0.15, 0.2) is 42.5 Å². The highest BCUT2D eigenvalue weighted by molar-refractivity contribution is 7.22. The molecule has 9 heteroatoms. The summed E-state index contributed by atoms with van der Waals surface area (Å²) in [5.41, 5.74) is 1.42. The Morgan fingerprint density at radius 3 is 2.47 bits per heavy atom. The zero-order chi connectivity index (χ0) is 21.6. The molecule has 32 heavy (non-hydrogen) atoms. The molecule has 1 saturated heterocycles. The van der Waals surface area contributed by atoms with Gasteiger partial charge in [0.05, 0.1) is 37.6 Å². The summed E-state index contributed by atoms with van der Waals surface area (Å²) in [6.07, 6.45) is 0.850. The van der Waals surface area contributed by atoms with Crippen LogP contribution >= 0.6 is 23.7 Å². The van der Waals surface area contributed by atoms with E-state index in [4.69, 9.17) is 19.2 Å². The predicted octanol–water partition coefficient (Wildman–Crippen LogP) is 4.10. The fourth-order valence-corrected chi connectivity index (χ4v) is 4.61. The molecule has 0 unspecified atom stereocenters.